The maximum absolute atomic E-state index is 10.8. The van der Waals surface area contributed by atoms with E-state index >= 15 is 0 Å². The van der Waals surface area contributed by atoms with E-state index < -0.39 is 149 Å². The Morgan fingerprint density at radius 1 is 0.290 bits per heavy atom. The minimum absolute atomic E-state index is 0.279. The van der Waals surface area contributed by atoms with E-state index in [1.54, 1.807) is 0 Å². The maximum Gasteiger partial charge on any atom is 0.187 e. The van der Waals surface area contributed by atoms with Crippen LogP contribution >= 0.6 is 11.8 Å². The molecule has 0 unspecified atom stereocenters. The molecule has 22 nitrogen and oxygen atoms in total. The molecule has 4 heterocycles. The second-order valence-corrected chi connectivity index (χ2v) is 20.0. The van der Waals surface area contributed by atoms with Gasteiger partial charge in [0.25, 0.3) is 0 Å². The molecule has 0 aliphatic carbocycles. The van der Waals surface area contributed by atoms with Crippen LogP contribution in [0.1, 0.15) is 116 Å². The number of ether oxygens (including phenoxy) is 8. The third kappa shape index (κ3) is 19.0. The van der Waals surface area contributed by atoms with Crippen LogP contribution in [0.4, 0.5) is 0 Å². The first-order valence-electron chi connectivity index (χ1n) is 25.3. The Morgan fingerprint density at radius 3 is 0.884 bits per heavy atom. The zero-order valence-corrected chi connectivity index (χ0v) is 40.7. The highest BCUT2D eigenvalue weighted by atomic mass is 32.2. The predicted octanol–water partition coefficient (Wildman–Crippen LogP) is -1.98. The van der Waals surface area contributed by atoms with Crippen LogP contribution < -0.4 is 0 Å². The number of hydrogen-bond donors (Lipinski definition) is 14. The molecule has 20 atom stereocenters. The van der Waals surface area contributed by atoms with Crippen molar-refractivity contribution < 1.29 is 109 Å². The molecule has 0 aromatic rings. The van der Waals surface area contributed by atoms with E-state index in [4.69, 9.17) is 37.9 Å². The minimum atomic E-state index is -1.72. The summed E-state index contributed by atoms with van der Waals surface area (Å²) in [7, 11) is 0. The highest BCUT2D eigenvalue weighted by Crippen LogP contribution is 2.32. The molecule has 0 amide bonds. The maximum atomic E-state index is 10.8. The predicted molar refractivity (Wildman–Crippen MR) is 245 cm³/mol. The first kappa shape index (κ1) is 61.0. The van der Waals surface area contributed by atoms with Crippen molar-refractivity contribution >= 4 is 11.8 Å². The zero-order chi connectivity index (χ0) is 50.3. The summed E-state index contributed by atoms with van der Waals surface area (Å²) >= 11 is 2.04. The summed E-state index contributed by atoms with van der Waals surface area (Å²) in [5, 5.41) is 142. The molecule has 0 aromatic heterocycles. The van der Waals surface area contributed by atoms with Gasteiger partial charge in [0.15, 0.2) is 25.2 Å². The van der Waals surface area contributed by atoms with Gasteiger partial charge in [-0.2, -0.15) is 11.8 Å². The number of hydrogen-bond acceptors (Lipinski definition) is 23. The van der Waals surface area contributed by atoms with Crippen molar-refractivity contribution in [3.63, 3.8) is 0 Å². The minimum Gasteiger partial charge on any atom is -0.394 e. The van der Waals surface area contributed by atoms with Crippen LogP contribution in [0.2, 0.25) is 0 Å². The second-order valence-electron chi connectivity index (χ2n) is 18.7. The molecular weight excluding hydrogens is 937 g/mol. The molecule has 0 aromatic carbocycles. The monoisotopic (exact) mass is 1020 g/mol. The topological polar surface area (TPSA) is 357 Å². The van der Waals surface area contributed by atoms with Crippen LogP contribution in [-0.4, -0.2) is 245 Å². The number of aliphatic hydroxyl groups is 14. The average Bonchev–Trinajstić information content (AvgIpc) is 3.35. The molecule has 0 spiro atoms. The lowest BCUT2D eigenvalue weighted by atomic mass is 9.97. The van der Waals surface area contributed by atoms with Crippen LogP contribution in [0, 0.1) is 0 Å². The third-order valence-corrected chi connectivity index (χ3v) is 14.5. The van der Waals surface area contributed by atoms with Crippen molar-refractivity contribution in [3.8, 4) is 0 Å². The lowest BCUT2D eigenvalue weighted by Crippen LogP contribution is -2.64. The molecule has 4 saturated heterocycles. The Labute approximate surface area is 409 Å². The molecule has 0 bridgehead atoms. The van der Waals surface area contributed by atoms with E-state index in [9.17, 15) is 71.5 Å². The quantitative estimate of drug-likeness (QED) is 0.0311. The summed E-state index contributed by atoms with van der Waals surface area (Å²) in [4.78, 5) is 0. The summed E-state index contributed by atoms with van der Waals surface area (Å²) in [5.41, 5.74) is 0. The summed E-state index contributed by atoms with van der Waals surface area (Å²) in [5.74, 6) is 2.39. The van der Waals surface area contributed by atoms with Crippen molar-refractivity contribution in [1.29, 1.82) is 0 Å². The summed E-state index contributed by atoms with van der Waals surface area (Å²) in [6.45, 7) is -1.99. The third-order valence-electron chi connectivity index (χ3n) is 13.4. The van der Waals surface area contributed by atoms with E-state index in [0.717, 1.165) is 51.4 Å². The van der Waals surface area contributed by atoms with Gasteiger partial charge in [0.1, 0.15) is 97.7 Å². The van der Waals surface area contributed by atoms with Gasteiger partial charge in [0.2, 0.25) is 0 Å². The van der Waals surface area contributed by atoms with Crippen molar-refractivity contribution in [2.75, 3.05) is 51.1 Å². The van der Waals surface area contributed by atoms with Crippen molar-refractivity contribution in [3.05, 3.63) is 0 Å². The van der Waals surface area contributed by atoms with Gasteiger partial charge < -0.3 is 109 Å². The molecule has 0 saturated carbocycles. The van der Waals surface area contributed by atoms with Crippen molar-refractivity contribution in [1.82, 2.24) is 0 Å². The fourth-order valence-electron chi connectivity index (χ4n) is 8.97. The highest BCUT2D eigenvalue weighted by Gasteiger charge is 2.52. The number of rotatable bonds is 34. The SMILES string of the molecule is OC[C@H]1O[C@H](O[C@H]2[C@H](O)[C@@H](O)[C@H](OCCCCCCCCCCCSCCCCCCCCCCCO[C@@H]3O[C@H](CO)[C@@H](O[C@H]4O[C@H](CO)[C@@H](O)[C@H](O)[C@H]4O)[C@H](O)[C@H]3O)O[C@@H]2CO)[C@H](O)[C@@H](O)[C@@H]1O. The molecule has 4 fully saturated rings. The lowest BCUT2D eigenvalue weighted by Gasteiger charge is -2.45. The summed E-state index contributed by atoms with van der Waals surface area (Å²) in [6, 6.07) is 0. The highest BCUT2D eigenvalue weighted by molar-refractivity contribution is 7.99. The van der Waals surface area contributed by atoms with Gasteiger partial charge in [-0.15, -0.1) is 0 Å². The van der Waals surface area contributed by atoms with Crippen molar-refractivity contribution in [2.24, 2.45) is 0 Å². The van der Waals surface area contributed by atoms with E-state index in [1.807, 2.05) is 11.8 Å². The second kappa shape index (κ2) is 33.4. The summed E-state index contributed by atoms with van der Waals surface area (Å²) in [6.07, 6.45) is -9.52. The Morgan fingerprint density at radius 2 is 0.565 bits per heavy atom. The number of aliphatic hydroxyl groups excluding tert-OH is 14. The first-order valence-corrected chi connectivity index (χ1v) is 26.4. The largest absolute Gasteiger partial charge is 0.394 e. The molecule has 14 N–H and O–H groups in total. The standard InChI is InChI=1S/C46H86O22S/c47-23-27-31(51)33(53)37(57)45(63-27)67-41-29(25-49)65-43(39(59)35(41)55)61-19-15-11-7-3-1-5-9-13-17-21-69-22-18-14-10-6-2-4-8-12-16-20-62-44-40(60)36(56)42(30(26-50)66-44)68-46-38(58)34(54)32(52)28(24-48)64-46/h27-60H,1-26H2/t27-,28-,29-,30-,31-,32-,33+,34+,35-,36-,37-,38-,39-,40-,41-,42-,43-,44-,45-,46-/m1/s1. The van der Waals surface area contributed by atoms with Gasteiger partial charge >= 0.3 is 0 Å². The Hall–Kier alpha value is -0.530. The molecule has 69 heavy (non-hydrogen) atoms. The smallest absolute Gasteiger partial charge is 0.187 e. The normalized spacial score (nSPS) is 38.7. The van der Waals surface area contributed by atoms with Crippen LogP contribution in [0.3, 0.4) is 0 Å². The van der Waals surface area contributed by atoms with Gasteiger partial charge in [-0.25, -0.2) is 0 Å². The van der Waals surface area contributed by atoms with Crippen LogP contribution in [0.15, 0.2) is 0 Å². The van der Waals surface area contributed by atoms with E-state index in [2.05, 4.69) is 0 Å². The van der Waals surface area contributed by atoms with Crippen LogP contribution in [0.25, 0.3) is 0 Å². The van der Waals surface area contributed by atoms with Gasteiger partial charge in [0.05, 0.1) is 26.4 Å². The molecule has 4 aliphatic rings. The fourth-order valence-corrected chi connectivity index (χ4v) is 10.00. The summed E-state index contributed by atoms with van der Waals surface area (Å²) < 4.78 is 44.5. The van der Waals surface area contributed by atoms with E-state index in [1.165, 1.54) is 75.7 Å². The Bertz CT molecular complexity index is 1220. The van der Waals surface area contributed by atoms with Crippen LogP contribution in [0.5, 0.6) is 0 Å². The lowest BCUT2D eigenvalue weighted by molar-refractivity contribution is -0.359. The molecule has 4 rings (SSSR count). The first-order chi connectivity index (χ1) is 33.3. The van der Waals surface area contributed by atoms with Gasteiger partial charge in [0, 0.05) is 13.2 Å². The zero-order valence-electron chi connectivity index (χ0n) is 39.9. The van der Waals surface area contributed by atoms with Crippen molar-refractivity contribution in [2.45, 2.75) is 238 Å². The molecule has 408 valence electrons. The average molecular weight is 1020 g/mol. The molecule has 0 radical (unpaired) electrons. The Balaban J connectivity index is 0.891. The number of unbranched alkanes of at least 4 members (excludes halogenated alkanes) is 16. The van der Waals surface area contributed by atoms with Gasteiger partial charge in [-0.3, -0.25) is 0 Å². The number of thioether (sulfide) groups is 1. The van der Waals surface area contributed by atoms with Gasteiger partial charge in [-0.1, -0.05) is 89.9 Å². The molecular formula is C46H86O22S. The molecule has 23 heteroatoms. The Kier molecular flexibility index (Phi) is 29.5. The fraction of sp³-hybridized carbons (Fsp3) is 1.00. The molecule has 4 aliphatic heterocycles. The van der Waals surface area contributed by atoms with E-state index in [0.29, 0.717) is 0 Å². The van der Waals surface area contributed by atoms with Gasteiger partial charge in [-0.05, 0) is 37.2 Å². The van der Waals surface area contributed by atoms with Crippen LogP contribution in [-0.2, 0) is 37.9 Å². The van der Waals surface area contributed by atoms with E-state index in [-0.39, 0.29) is 13.2 Å².